The Bertz CT molecular complexity index is 658. The molecule has 2 nitrogen and oxygen atoms in total. The number of rotatable bonds is 3. The summed E-state index contributed by atoms with van der Waals surface area (Å²) in [6.45, 7) is 0. The van der Waals surface area contributed by atoms with Crippen molar-refractivity contribution in [1.29, 1.82) is 0 Å². The first-order chi connectivity index (χ1) is 10.3. The second kappa shape index (κ2) is 6.31. The van der Waals surface area contributed by atoms with Gasteiger partial charge in [-0.05, 0) is 65.8 Å². The molecular weight excluding hydrogens is 260 g/mol. The molecule has 2 heteroatoms. The Balaban J connectivity index is 1.91. The molecule has 1 aliphatic carbocycles. The van der Waals surface area contributed by atoms with Crippen molar-refractivity contribution in [2.24, 2.45) is 0 Å². The summed E-state index contributed by atoms with van der Waals surface area (Å²) in [5, 5.41) is 12.9. The van der Waals surface area contributed by atoms with E-state index >= 15 is 0 Å². The number of hydrogen-bond donors (Lipinski definition) is 1. The normalized spacial score (nSPS) is 17.1. The lowest BCUT2D eigenvalue weighted by Crippen LogP contribution is -2.01. The van der Waals surface area contributed by atoms with Gasteiger partial charge in [-0.3, -0.25) is 0 Å². The molecule has 3 rings (SSSR count). The number of aliphatic hydroxyl groups is 1. The van der Waals surface area contributed by atoms with Crippen LogP contribution >= 0.6 is 0 Å². The maximum absolute atomic E-state index is 10.6. The first kappa shape index (κ1) is 14.2. The van der Waals surface area contributed by atoms with E-state index in [-0.39, 0.29) is 0 Å². The van der Waals surface area contributed by atoms with Crippen LogP contribution in [0.15, 0.2) is 48.0 Å². The van der Waals surface area contributed by atoms with Crippen molar-refractivity contribution >= 4 is 10.8 Å². The van der Waals surface area contributed by atoms with E-state index < -0.39 is 6.10 Å². The van der Waals surface area contributed by atoms with Crippen LogP contribution < -0.4 is 4.74 Å². The second-order valence-electron chi connectivity index (χ2n) is 5.75. The van der Waals surface area contributed by atoms with E-state index in [0.29, 0.717) is 0 Å². The molecule has 1 N–H and O–H groups in total. The van der Waals surface area contributed by atoms with Crippen molar-refractivity contribution in [3.63, 3.8) is 0 Å². The van der Waals surface area contributed by atoms with Gasteiger partial charge in [-0.15, -0.1) is 0 Å². The lowest BCUT2D eigenvalue weighted by atomic mass is 9.96. The average Bonchev–Trinajstić information content (AvgIpc) is 2.82. The van der Waals surface area contributed by atoms with Crippen molar-refractivity contribution in [3.05, 3.63) is 53.6 Å². The summed E-state index contributed by atoms with van der Waals surface area (Å²) >= 11 is 0. The van der Waals surface area contributed by atoms with E-state index in [9.17, 15) is 5.11 Å². The predicted octanol–water partition coefficient (Wildman–Crippen LogP) is 4.77. The Morgan fingerprint density at radius 2 is 1.81 bits per heavy atom. The molecule has 0 amide bonds. The summed E-state index contributed by atoms with van der Waals surface area (Å²) in [4.78, 5) is 0. The van der Waals surface area contributed by atoms with E-state index in [4.69, 9.17) is 4.74 Å². The van der Waals surface area contributed by atoms with Crippen molar-refractivity contribution in [1.82, 2.24) is 0 Å². The van der Waals surface area contributed by atoms with Gasteiger partial charge in [0.2, 0.25) is 0 Å². The van der Waals surface area contributed by atoms with Gasteiger partial charge in [0.05, 0.1) is 7.11 Å². The molecular formula is C19H22O2. The molecule has 2 aromatic rings. The molecule has 1 aliphatic rings. The lowest BCUT2D eigenvalue weighted by molar-refractivity contribution is 0.211. The minimum absolute atomic E-state index is 0.463. The third-order valence-corrected chi connectivity index (χ3v) is 4.31. The Hall–Kier alpha value is -1.80. The number of ether oxygens (including phenoxy) is 1. The number of hydrogen-bond acceptors (Lipinski definition) is 2. The number of benzene rings is 2. The van der Waals surface area contributed by atoms with Crippen molar-refractivity contribution in [3.8, 4) is 5.75 Å². The summed E-state index contributed by atoms with van der Waals surface area (Å²) in [5.41, 5.74) is 2.17. The van der Waals surface area contributed by atoms with Crippen LogP contribution in [-0.4, -0.2) is 12.2 Å². The van der Waals surface area contributed by atoms with Crippen molar-refractivity contribution < 1.29 is 9.84 Å². The first-order valence-electron chi connectivity index (χ1n) is 7.72. The molecule has 0 saturated carbocycles. The number of allylic oxidation sites excluding steroid dienone is 1. The monoisotopic (exact) mass is 282 g/mol. The summed E-state index contributed by atoms with van der Waals surface area (Å²) in [6.07, 6.45) is 7.58. The number of fused-ring (bicyclic) bond motifs is 1. The Morgan fingerprint density at radius 1 is 1.00 bits per heavy atom. The Morgan fingerprint density at radius 3 is 2.67 bits per heavy atom. The zero-order chi connectivity index (χ0) is 14.7. The van der Waals surface area contributed by atoms with Gasteiger partial charge < -0.3 is 9.84 Å². The summed E-state index contributed by atoms with van der Waals surface area (Å²) in [6, 6.07) is 12.2. The molecule has 1 atom stereocenters. The highest BCUT2D eigenvalue weighted by Gasteiger charge is 2.15. The maximum atomic E-state index is 10.6. The molecule has 0 aromatic heterocycles. The minimum Gasteiger partial charge on any atom is -0.497 e. The fourth-order valence-corrected chi connectivity index (χ4v) is 3.04. The van der Waals surface area contributed by atoms with Gasteiger partial charge in [-0.2, -0.15) is 0 Å². The summed E-state index contributed by atoms with van der Waals surface area (Å²) in [5.74, 6) is 0.863. The van der Waals surface area contributed by atoms with Crippen LogP contribution in [0.25, 0.3) is 10.8 Å². The fraction of sp³-hybridized carbons (Fsp3) is 0.368. The highest BCUT2D eigenvalue weighted by Crippen LogP contribution is 2.31. The standard InChI is InChI=1S/C19H22O2/c1-21-18-11-10-15-12-17(9-8-16(15)13-18)19(20)14-6-4-2-3-5-7-14/h6,8-13,19-20H,2-5,7H2,1H3. The second-order valence-corrected chi connectivity index (χ2v) is 5.75. The van der Waals surface area contributed by atoms with E-state index in [0.717, 1.165) is 34.9 Å². The SMILES string of the molecule is COc1ccc2cc(C(O)C3=CCCCCC3)ccc2c1. The van der Waals surface area contributed by atoms with Gasteiger partial charge in [0.15, 0.2) is 0 Å². The Labute approximate surface area is 126 Å². The molecule has 1 unspecified atom stereocenters. The van der Waals surface area contributed by atoms with Crippen LogP contribution in [0.1, 0.15) is 43.8 Å². The zero-order valence-electron chi connectivity index (χ0n) is 12.5. The van der Waals surface area contributed by atoms with E-state index in [2.05, 4.69) is 18.2 Å². The van der Waals surface area contributed by atoms with Crippen molar-refractivity contribution in [2.75, 3.05) is 7.11 Å². The van der Waals surface area contributed by atoms with Gasteiger partial charge in [0.25, 0.3) is 0 Å². The summed E-state index contributed by atoms with van der Waals surface area (Å²) in [7, 11) is 1.68. The van der Waals surface area contributed by atoms with Gasteiger partial charge in [0.1, 0.15) is 11.9 Å². The maximum Gasteiger partial charge on any atom is 0.119 e. The number of methoxy groups -OCH3 is 1. The van der Waals surface area contributed by atoms with Crippen LogP contribution in [-0.2, 0) is 0 Å². The topological polar surface area (TPSA) is 29.5 Å². The molecule has 0 bridgehead atoms. The predicted molar refractivity (Wildman–Crippen MR) is 86.6 cm³/mol. The lowest BCUT2D eigenvalue weighted by Gasteiger charge is -2.15. The van der Waals surface area contributed by atoms with Crippen LogP contribution in [0, 0.1) is 0 Å². The zero-order valence-corrected chi connectivity index (χ0v) is 12.5. The van der Waals surface area contributed by atoms with Gasteiger partial charge in [-0.25, -0.2) is 0 Å². The number of aliphatic hydroxyl groups excluding tert-OH is 1. The third-order valence-electron chi connectivity index (χ3n) is 4.31. The van der Waals surface area contributed by atoms with Gasteiger partial charge in [-0.1, -0.05) is 30.7 Å². The van der Waals surface area contributed by atoms with E-state index in [1.54, 1.807) is 7.11 Å². The molecule has 0 aliphatic heterocycles. The molecule has 0 radical (unpaired) electrons. The highest BCUT2D eigenvalue weighted by molar-refractivity contribution is 5.84. The van der Waals surface area contributed by atoms with Crippen molar-refractivity contribution in [2.45, 2.75) is 38.2 Å². The molecule has 0 fully saturated rings. The quantitative estimate of drug-likeness (QED) is 0.821. The molecule has 0 saturated heterocycles. The largest absolute Gasteiger partial charge is 0.497 e. The van der Waals surface area contributed by atoms with Gasteiger partial charge in [0, 0.05) is 0 Å². The molecule has 21 heavy (non-hydrogen) atoms. The Kier molecular flexibility index (Phi) is 4.26. The average molecular weight is 282 g/mol. The minimum atomic E-state index is -0.463. The molecule has 0 spiro atoms. The highest BCUT2D eigenvalue weighted by atomic mass is 16.5. The van der Waals surface area contributed by atoms with E-state index in [1.807, 2.05) is 24.3 Å². The fourth-order valence-electron chi connectivity index (χ4n) is 3.04. The molecule has 0 heterocycles. The molecule has 2 aromatic carbocycles. The molecule has 110 valence electrons. The summed E-state index contributed by atoms with van der Waals surface area (Å²) < 4.78 is 5.25. The van der Waals surface area contributed by atoms with E-state index in [1.165, 1.54) is 24.8 Å². The first-order valence-corrected chi connectivity index (χ1v) is 7.72. The van der Waals surface area contributed by atoms with Crippen LogP contribution in [0.4, 0.5) is 0 Å². The van der Waals surface area contributed by atoms with Crippen LogP contribution in [0.2, 0.25) is 0 Å². The third kappa shape index (κ3) is 3.11. The van der Waals surface area contributed by atoms with Crippen LogP contribution in [0.5, 0.6) is 5.75 Å². The smallest absolute Gasteiger partial charge is 0.119 e. The van der Waals surface area contributed by atoms with Crippen LogP contribution in [0.3, 0.4) is 0 Å². The van der Waals surface area contributed by atoms with Gasteiger partial charge >= 0.3 is 0 Å².